The summed E-state index contributed by atoms with van der Waals surface area (Å²) < 4.78 is 26.8. The molecule has 4 rings (SSSR count). The average Bonchev–Trinajstić information content (AvgIpc) is 3.42. The van der Waals surface area contributed by atoms with Crippen molar-refractivity contribution in [3.63, 3.8) is 0 Å². The number of likely N-dealkylation sites (N-methyl/N-ethyl adjacent to an activating group) is 2. The molecule has 0 fully saturated rings. The zero-order valence-electron chi connectivity index (χ0n) is 20.3. The predicted molar refractivity (Wildman–Crippen MR) is 139 cm³/mol. The third-order valence-corrected chi connectivity index (χ3v) is 7.78. The van der Waals surface area contributed by atoms with Crippen LogP contribution in [0.3, 0.4) is 0 Å². The highest BCUT2D eigenvalue weighted by molar-refractivity contribution is 7.89. The summed E-state index contributed by atoms with van der Waals surface area (Å²) in [5.41, 5.74) is 1.95. The van der Waals surface area contributed by atoms with E-state index in [4.69, 9.17) is 0 Å². The molecule has 9 nitrogen and oxygen atoms in total. The zero-order chi connectivity index (χ0) is 25.7. The summed E-state index contributed by atoms with van der Waals surface area (Å²) in [6, 6.07) is 20.1. The van der Waals surface area contributed by atoms with E-state index in [-0.39, 0.29) is 17.3 Å². The van der Waals surface area contributed by atoms with Gasteiger partial charge in [-0.3, -0.25) is 14.6 Å². The van der Waals surface area contributed by atoms with Crippen molar-refractivity contribution >= 4 is 38.4 Å². The monoisotopic (exact) mass is 507 g/mol. The highest BCUT2D eigenvalue weighted by atomic mass is 32.2. The van der Waals surface area contributed by atoms with Crippen molar-refractivity contribution in [2.75, 3.05) is 40.3 Å². The number of carbonyl (C=O) groups is 2. The van der Waals surface area contributed by atoms with Crippen LogP contribution >= 0.6 is 0 Å². The van der Waals surface area contributed by atoms with Crippen molar-refractivity contribution in [2.45, 2.75) is 11.4 Å². The van der Waals surface area contributed by atoms with Crippen molar-refractivity contribution in [3.8, 4) is 0 Å². The van der Waals surface area contributed by atoms with Gasteiger partial charge in [-0.2, -0.15) is 4.31 Å². The number of rotatable bonds is 9. The minimum absolute atomic E-state index is 0.106. The van der Waals surface area contributed by atoms with Crippen LogP contribution in [-0.2, 0) is 26.2 Å². The summed E-state index contributed by atoms with van der Waals surface area (Å²) in [6.07, 6.45) is 0. The summed E-state index contributed by atoms with van der Waals surface area (Å²) in [6.45, 7) is 1.37. The highest BCUT2D eigenvalue weighted by Crippen LogP contribution is 2.21. The molecule has 2 amide bonds. The minimum atomic E-state index is -3.87. The van der Waals surface area contributed by atoms with Crippen molar-refractivity contribution < 1.29 is 18.0 Å². The molecule has 3 aromatic carbocycles. The van der Waals surface area contributed by atoms with Gasteiger partial charge >= 0.3 is 0 Å². The van der Waals surface area contributed by atoms with Crippen LogP contribution in [0.2, 0.25) is 0 Å². The highest BCUT2D eigenvalue weighted by Gasteiger charge is 2.23. The Labute approximate surface area is 210 Å². The molecule has 0 saturated carbocycles. The van der Waals surface area contributed by atoms with Gasteiger partial charge in [0.1, 0.15) is 5.84 Å². The molecule has 10 heteroatoms. The molecule has 188 valence electrons. The van der Waals surface area contributed by atoms with Gasteiger partial charge in [-0.25, -0.2) is 8.42 Å². The Balaban J connectivity index is 1.27. The second-order valence-electron chi connectivity index (χ2n) is 8.65. The first-order valence-electron chi connectivity index (χ1n) is 11.6. The summed E-state index contributed by atoms with van der Waals surface area (Å²) in [5.74, 6) is 0.0356. The van der Waals surface area contributed by atoms with Gasteiger partial charge in [-0.15, -0.1) is 0 Å². The fourth-order valence-corrected chi connectivity index (χ4v) is 5.04. The lowest BCUT2D eigenvalue weighted by Gasteiger charge is -2.19. The molecule has 1 aliphatic rings. The van der Waals surface area contributed by atoms with Crippen LogP contribution in [0.5, 0.6) is 0 Å². The number of sulfonamides is 1. The topological polar surface area (TPSA) is 111 Å². The Bertz CT molecular complexity index is 1400. The minimum Gasteiger partial charge on any atom is -0.368 e. The maximum Gasteiger partial charge on any atom is 0.243 e. The molecule has 0 bridgehead atoms. The third-order valence-electron chi connectivity index (χ3n) is 5.98. The van der Waals surface area contributed by atoms with Gasteiger partial charge in [-0.1, -0.05) is 54.6 Å². The fraction of sp³-hybridized carbons (Fsp3) is 0.269. The molecule has 0 unspecified atom stereocenters. The lowest BCUT2D eigenvalue weighted by atomic mass is 10.1. The van der Waals surface area contributed by atoms with Crippen molar-refractivity contribution in [2.24, 2.45) is 4.99 Å². The number of aliphatic imine (C=N–C) groups is 1. The van der Waals surface area contributed by atoms with E-state index in [1.165, 1.54) is 18.0 Å². The summed E-state index contributed by atoms with van der Waals surface area (Å²) in [7, 11) is -0.871. The number of hydrogen-bond acceptors (Lipinski definition) is 6. The number of hydrogen-bond donors (Lipinski definition) is 2. The molecule has 0 atom stereocenters. The SMILES string of the molecule is CN(Cc1ccc(C2=NCCN2)cc1)C(=O)CNC(=O)CN(C)S(=O)(=O)c1ccc2ccccc2c1. The van der Waals surface area contributed by atoms with E-state index in [1.54, 1.807) is 19.2 Å². The van der Waals surface area contributed by atoms with E-state index in [1.807, 2.05) is 48.5 Å². The molecular weight excluding hydrogens is 478 g/mol. The van der Waals surface area contributed by atoms with E-state index >= 15 is 0 Å². The largest absolute Gasteiger partial charge is 0.368 e. The molecule has 0 aromatic heterocycles. The van der Waals surface area contributed by atoms with Gasteiger partial charge < -0.3 is 15.5 Å². The van der Waals surface area contributed by atoms with E-state index in [0.29, 0.717) is 6.54 Å². The molecule has 0 aliphatic carbocycles. The van der Waals surface area contributed by atoms with Crippen LogP contribution in [0.4, 0.5) is 0 Å². The van der Waals surface area contributed by atoms with Gasteiger partial charge in [0.2, 0.25) is 21.8 Å². The molecule has 0 spiro atoms. The van der Waals surface area contributed by atoms with Crippen molar-refractivity contribution in [3.05, 3.63) is 77.9 Å². The van der Waals surface area contributed by atoms with Gasteiger partial charge in [0.15, 0.2) is 0 Å². The van der Waals surface area contributed by atoms with Gasteiger partial charge in [0, 0.05) is 32.7 Å². The van der Waals surface area contributed by atoms with Crippen molar-refractivity contribution in [1.82, 2.24) is 19.8 Å². The van der Waals surface area contributed by atoms with Crippen LogP contribution in [0.15, 0.2) is 76.6 Å². The van der Waals surface area contributed by atoms with E-state index in [0.717, 1.165) is 45.1 Å². The Hall–Kier alpha value is -3.76. The van der Waals surface area contributed by atoms with Gasteiger partial charge in [0.05, 0.1) is 24.5 Å². The predicted octanol–water partition coefficient (Wildman–Crippen LogP) is 1.58. The summed E-state index contributed by atoms with van der Waals surface area (Å²) in [5, 5.41) is 7.46. The lowest BCUT2D eigenvalue weighted by molar-refractivity contribution is -0.132. The molecule has 0 saturated heterocycles. The molecule has 36 heavy (non-hydrogen) atoms. The number of nitrogens with one attached hydrogen (secondary N) is 2. The first-order valence-corrected chi connectivity index (χ1v) is 13.0. The number of fused-ring (bicyclic) bond motifs is 1. The molecule has 0 radical (unpaired) electrons. The van der Waals surface area contributed by atoms with Crippen LogP contribution in [0, 0.1) is 0 Å². The molecule has 1 heterocycles. The first-order chi connectivity index (χ1) is 17.2. The first kappa shape index (κ1) is 25.3. The van der Waals surface area contributed by atoms with Gasteiger partial charge in [0.25, 0.3) is 0 Å². The molecular formula is C26H29N5O4S. The fourth-order valence-electron chi connectivity index (χ4n) is 3.88. The van der Waals surface area contributed by atoms with Crippen LogP contribution < -0.4 is 10.6 Å². The number of carbonyl (C=O) groups excluding carboxylic acids is 2. The maximum atomic E-state index is 12.9. The third kappa shape index (κ3) is 5.89. The van der Waals surface area contributed by atoms with E-state index < -0.39 is 22.5 Å². The standard InChI is InChI=1S/C26H29N5O4S/c1-30(17-19-7-9-21(10-8-19)26-27-13-14-28-26)25(33)16-29-24(32)18-31(2)36(34,35)23-12-11-20-5-3-4-6-22(20)15-23/h3-12,15H,13-14,16-18H2,1-2H3,(H,27,28)(H,29,32). The summed E-state index contributed by atoms with van der Waals surface area (Å²) in [4.78, 5) is 30.9. The quantitative estimate of drug-likeness (QED) is 0.457. The molecule has 2 N–H and O–H groups in total. The second kappa shape index (κ2) is 10.9. The van der Waals surface area contributed by atoms with Crippen LogP contribution in [0.25, 0.3) is 10.8 Å². The number of amidine groups is 1. The Kier molecular flexibility index (Phi) is 7.66. The maximum absolute atomic E-state index is 12.9. The Morgan fingerprint density at radius 3 is 2.42 bits per heavy atom. The number of benzene rings is 3. The molecule has 3 aromatic rings. The van der Waals surface area contributed by atoms with E-state index in [9.17, 15) is 18.0 Å². The average molecular weight is 508 g/mol. The van der Waals surface area contributed by atoms with Crippen LogP contribution in [-0.4, -0.2) is 75.5 Å². The Morgan fingerprint density at radius 2 is 1.72 bits per heavy atom. The number of nitrogens with zero attached hydrogens (tertiary/aromatic N) is 3. The second-order valence-corrected chi connectivity index (χ2v) is 10.7. The molecule has 1 aliphatic heterocycles. The lowest BCUT2D eigenvalue weighted by Crippen LogP contribution is -2.42. The Morgan fingerprint density at radius 1 is 1.00 bits per heavy atom. The summed E-state index contributed by atoms with van der Waals surface area (Å²) >= 11 is 0. The number of amides is 2. The van der Waals surface area contributed by atoms with Crippen molar-refractivity contribution in [1.29, 1.82) is 0 Å². The van der Waals surface area contributed by atoms with Gasteiger partial charge in [-0.05, 0) is 28.5 Å². The van der Waals surface area contributed by atoms with E-state index in [2.05, 4.69) is 15.6 Å². The van der Waals surface area contributed by atoms with Crippen LogP contribution in [0.1, 0.15) is 11.1 Å². The normalized spacial score (nSPS) is 13.4. The zero-order valence-corrected chi connectivity index (χ0v) is 21.1. The smallest absolute Gasteiger partial charge is 0.243 e.